The highest BCUT2D eigenvalue weighted by Gasteiger charge is 2.23. The molecule has 1 atom stereocenters. The van der Waals surface area contributed by atoms with E-state index in [4.69, 9.17) is 5.11 Å². The molecule has 58 valence electrons. The standard InChI is InChI=1S/C7H13NO2/c1-6(5-9)8-4-2-3-7(8)10/h6,9H,2-5H2,1H3. The third kappa shape index (κ3) is 1.29. The Morgan fingerprint density at radius 2 is 2.50 bits per heavy atom. The second-order valence-electron chi connectivity index (χ2n) is 2.72. The summed E-state index contributed by atoms with van der Waals surface area (Å²) in [6, 6.07) is 0.00926. The van der Waals surface area contributed by atoms with Gasteiger partial charge < -0.3 is 10.0 Å². The summed E-state index contributed by atoms with van der Waals surface area (Å²) in [5, 5.41) is 8.72. The van der Waals surface area contributed by atoms with Gasteiger partial charge in [-0.25, -0.2) is 0 Å². The van der Waals surface area contributed by atoms with Crippen molar-refractivity contribution in [3.63, 3.8) is 0 Å². The summed E-state index contributed by atoms with van der Waals surface area (Å²) in [7, 11) is 0. The molecule has 1 aliphatic heterocycles. The highest BCUT2D eigenvalue weighted by molar-refractivity contribution is 5.78. The van der Waals surface area contributed by atoms with Crippen LogP contribution in [0.15, 0.2) is 0 Å². The van der Waals surface area contributed by atoms with E-state index in [-0.39, 0.29) is 18.6 Å². The van der Waals surface area contributed by atoms with E-state index in [0.717, 1.165) is 13.0 Å². The lowest BCUT2D eigenvalue weighted by atomic mass is 10.3. The summed E-state index contributed by atoms with van der Waals surface area (Å²) >= 11 is 0. The summed E-state index contributed by atoms with van der Waals surface area (Å²) in [6.07, 6.45) is 1.60. The van der Waals surface area contributed by atoms with Gasteiger partial charge in [-0.2, -0.15) is 0 Å². The van der Waals surface area contributed by atoms with Gasteiger partial charge in [0.25, 0.3) is 0 Å². The number of hydrogen-bond acceptors (Lipinski definition) is 2. The lowest BCUT2D eigenvalue weighted by molar-refractivity contribution is -0.130. The zero-order valence-corrected chi connectivity index (χ0v) is 6.21. The largest absolute Gasteiger partial charge is 0.394 e. The Kier molecular flexibility index (Phi) is 2.27. The molecule has 1 unspecified atom stereocenters. The van der Waals surface area contributed by atoms with E-state index in [1.54, 1.807) is 4.90 Å². The first-order chi connectivity index (χ1) is 4.75. The molecule has 1 amide bonds. The molecule has 0 bridgehead atoms. The topological polar surface area (TPSA) is 40.5 Å². The molecule has 1 aliphatic rings. The fourth-order valence-electron chi connectivity index (χ4n) is 1.23. The second kappa shape index (κ2) is 3.01. The van der Waals surface area contributed by atoms with Gasteiger partial charge in [0, 0.05) is 13.0 Å². The maximum Gasteiger partial charge on any atom is 0.222 e. The lowest BCUT2D eigenvalue weighted by Crippen LogP contribution is -2.36. The van der Waals surface area contributed by atoms with Crippen LogP contribution in [0, 0.1) is 0 Å². The zero-order valence-electron chi connectivity index (χ0n) is 6.21. The SMILES string of the molecule is CC(CO)N1CCCC1=O. The van der Waals surface area contributed by atoms with Gasteiger partial charge in [-0.05, 0) is 13.3 Å². The van der Waals surface area contributed by atoms with E-state index in [0.29, 0.717) is 6.42 Å². The number of likely N-dealkylation sites (tertiary alicyclic amines) is 1. The van der Waals surface area contributed by atoms with E-state index >= 15 is 0 Å². The summed E-state index contributed by atoms with van der Waals surface area (Å²) in [6.45, 7) is 2.76. The van der Waals surface area contributed by atoms with Crippen LogP contribution in [0.3, 0.4) is 0 Å². The van der Waals surface area contributed by atoms with Crippen LogP contribution < -0.4 is 0 Å². The Morgan fingerprint density at radius 1 is 1.80 bits per heavy atom. The zero-order chi connectivity index (χ0) is 7.56. The molecule has 3 heteroatoms. The molecule has 0 radical (unpaired) electrons. The van der Waals surface area contributed by atoms with Gasteiger partial charge in [0.1, 0.15) is 0 Å². The first-order valence-corrected chi connectivity index (χ1v) is 3.66. The molecule has 3 nitrogen and oxygen atoms in total. The van der Waals surface area contributed by atoms with Gasteiger partial charge >= 0.3 is 0 Å². The highest BCUT2D eigenvalue weighted by atomic mass is 16.3. The molecule has 1 saturated heterocycles. The molecule has 0 aromatic carbocycles. The van der Waals surface area contributed by atoms with Crippen molar-refractivity contribution >= 4 is 5.91 Å². The second-order valence-corrected chi connectivity index (χ2v) is 2.72. The normalized spacial score (nSPS) is 21.8. The van der Waals surface area contributed by atoms with E-state index < -0.39 is 0 Å². The quantitative estimate of drug-likeness (QED) is 0.590. The fraction of sp³-hybridized carbons (Fsp3) is 0.857. The number of carbonyl (C=O) groups is 1. The van der Waals surface area contributed by atoms with Crippen molar-refractivity contribution in [1.82, 2.24) is 4.90 Å². The molecule has 0 aromatic heterocycles. The van der Waals surface area contributed by atoms with E-state index in [2.05, 4.69) is 0 Å². The number of carbonyl (C=O) groups excluding carboxylic acids is 1. The third-order valence-corrected chi connectivity index (χ3v) is 1.91. The van der Waals surface area contributed by atoms with E-state index in [9.17, 15) is 4.79 Å². The molecule has 0 spiro atoms. The van der Waals surface area contributed by atoms with Crippen LogP contribution in [-0.2, 0) is 4.79 Å². The molecular formula is C7H13NO2. The van der Waals surface area contributed by atoms with Crippen LogP contribution in [0.25, 0.3) is 0 Å². The molecule has 1 N–H and O–H groups in total. The van der Waals surface area contributed by atoms with Crippen LogP contribution in [0.1, 0.15) is 19.8 Å². The Morgan fingerprint density at radius 3 is 2.90 bits per heavy atom. The smallest absolute Gasteiger partial charge is 0.222 e. The summed E-state index contributed by atoms with van der Waals surface area (Å²) < 4.78 is 0. The Hall–Kier alpha value is -0.570. The Bertz CT molecular complexity index is 136. The van der Waals surface area contributed by atoms with E-state index in [1.807, 2.05) is 6.92 Å². The number of hydrogen-bond donors (Lipinski definition) is 1. The first-order valence-electron chi connectivity index (χ1n) is 3.66. The predicted molar refractivity (Wildman–Crippen MR) is 37.5 cm³/mol. The average Bonchev–Trinajstić information content (AvgIpc) is 2.34. The molecule has 10 heavy (non-hydrogen) atoms. The van der Waals surface area contributed by atoms with Crippen LogP contribution in [0.5, 0.6) is 0 Å². The molecule has 0 saturated carbocycles. The Labute approximate surface area is 60.6 Å². The van der Waals surface area contributed by atoms with Crippen molar-refractivity contribution < 1.29 is 9.90 Å². The van der Waals surface area contributed by atoms with Crippen LogP contribution in [-0.4, -0.2) is 35.1 Å². The van der Waals surface area contributed by atoms with Crippen LogP contribution >= 0.6 is 0 Å². The number of nitrogens with zero attached hydrogens (tertiary/aromatic N) is 1. The van der Waals surface area contributed by atoms with E-state index in [1.165, 1.54) is 0 Å². The molecule has 1 heterocycles. The predicted octanol–water partition coefficient (Wildman–Crippen LogP) is -0.0104. The maximum absolute atomic E-state index is 11.0. The number of amides is 1. The van der Waals surface area contributed by atoms with Gasteiger partial charge in [0.2, 0.25) is 5.91 Å². The third-order valence-electron chi connectivity index (χ3n) is 1.91. The molecule has 0 aliphatic carbocycles. The minimum Gasteiger partial charge on any atom is -0.394 e. The average molecular weight is 143 g/mol. The van der Waals surface area contributed by atoms with Crippen molar-refractivity contribution in [2.75, 3.05) is 13.2 Å². The monoisotopic (exact) mass is 143 g/mol. The van der Waals surface area contributed by atoms with Gasteiger partial charge in [-0.3, -0.25) is 4.79 Å². The first kappa shape index (κ1) is 7.54. The van der Waals surface area contributed by atoms with Crippen molar-refractivity contribution in [2.45, 2.75) is 25.8 Å². The Balaban J connectivity index is 2.46. The molecule has 0 aromatic rings. The summed E-state index contributed by atoms with van der Waals surface area (Å²) in [5.41, 5.74) is 0. The van der Waals surface area contributed by atoms with Crippen molar-refractivity contribution in [3.05, 3.63) is 0 Å². The van der Waals surface area contributed by atoms with Crippen molar-refractivity contribution in [3.8, 4) is 0 Å². The van der Waals surface area contributed by atoms with Gasteiger partial charge in [-0.15, -0.1) is 0 Å². The van der Waals surface area contributed by atoms with Gasteiger partial charge in [0.15, 0.2) is 0 Å². The highest BCUT2D eigenvalue weighted by Crippen LogP contribution is 2.12. The molecule has 1 rings (SSSR count). The fourth-order valence-corrected chi connectivity index (χ4v) is 1.23. The van der Waals surface area contributed by atoms with Crippen LogP contribution in [0.2, 0.25) is 0 Å². The van der Waals surface area contributed by atoms with Crippen molar-refractivity contribution in [2.24, 2.45) is 0 Å². The van der Waals surface area contributed by atoms with Crippen LogP contribution in [0.4, 0.5) is 0 Å². The maximum atomic E-state index is 11.0. The minimum absolute atomic E-state index is 0.00926. The van der Waals surface area contributed by atoms with Crippen molar-refractivity contribution in [1.29, 1.82) is 0 Å². The van der Waals surface area contributed by atoms with Gasteiger partial charge in [-0.1, -0.05) is 0 Å². The number of aliphatic hydroxyl groups is 1. The van der Waals surface area contributed by atoms with Gasteiger partial charge in [0.05, 0.1) is 12.6 Å². The minimum atomic E-state index is 0.00926. The number of rotatable bonds is 2. The summed E-state index contributed by atoms with van der Waals surface area (Å²) in [4.78, 5) is 12.7. The summed E-state index contributed by atoms with van der Waals surface area (Å²) in [5.74, 6) is 0.182. The molecular weight excluding hydrogens is 130 g/mol. The lowest BCUT2D eigenvalue weighted by Gasteiger charge is -2.21. The molecule has 1 fully saturated rings. The number of aliphatic hydroxyl groups excluding tert-OH is 1.